The molecule has 44 heavy (non-hydrogen) atoms. The summed E-state index contributed by atoms with van der Waals surface area (Å²) >= 11 is 0. The maximum atomic E-state index is 13.3. The van der Waals surface area contributed by atoms with Crippen molar-refractivity contribution in [2.24, 2.45) is 0 Å². The Labute approximate surface area is 254 Å². The Morgan fingerprint density at radius 1 is 0.591 bits per heavy atom. The van der Waals surface area contributed by atoms with Gasteiger partial charge in [-0.2, -0.15) is 0 Å². The number of methoxy groups -OCH3 is 4. The van der Waals surface area contributed by atoms with Gasteiger partial charge in [0.05, 0.1) is 63.8 Å². The van der Waals surface area contributed by atoms with Crippen LogP contribution in [-0.2, 0) is 32.3 Å². The zero-order valence-corrected chi connectivity index (χ0v) is 25.1. The van der Waals surface area contributed by atoms with Crippen LogP contribution in [0.2, 0.25) is 0 Å². The highest BCUT2D eigenvalue weighted by Crippen LogP contribution is 2.32. The van der Waals surface area contributed by atoms with Gasteiger partial charge in [0.1, 0.15) is 13.1 Å². The Kier molecular flexibility index (Phi) is 9.12. The van der Waals surface area contributed by atoms with Crippen molar-refractivity contribution in [1.29, 1.82) is 0 Å². The average molecular weight is 605 g/mol. The quantitative estimate of drug-likeness (QED) is 0.285. The number of rotatable bonds is 12. The summed E-state index contributed by atoms with van der Waals surface area (Å²) in [4.78, 5) is 54.6. The highest BCUT2D eigenvalue weighted by atomic mass is 16.5. The molecule has 3 aromatic carbocycles. The molecule has 0 aliphatic carbocycles. The predicted octanol–water partition coefficient (Wildman–Crippen LogP) is 0.512. The van der Waals surface area contributed by atoms with E-state index in [2.05, 4.69) is 0 Å². The van der Waals surface area contributed by atoms with Crippen LogP contribution in [0.25, 0.3) is 0 Å². The van der Waals surface area contributed by atoms with E-state index in [1.165, 1.54) is 0 Å². The summed E-state index contributed by atoms with van der Waals surface area (Å²) in [6, 6.07) is 16.2. The molecule has 2 aliphatic heterocycles. The summed E-state index contributed by atoms with van der Waals surface area (Å²) in [7, 11) is 6.22. The zero-order valence-electron chi connectivity index (χ0n) is 25.1. The summed E-state index contributed by atoms with van der Waals surface area (Å²) in [6.45, 7) is 0.831. The summed E-state index contributed by atoms with van der Waals surface area (Å²) in [5.41, 5.74) is 2.44. The van der Waals surface area contributed by atoms with Gasteiger partial charge in [-0.25, -0.2) is 9.80 Å². The summed E-state index contributed by atoms with van der Waals surface area (Å²) in [6.07, 6.45) is 0.0944. The number of hydrogen-bond donors (Lipinski definition) is 2. The molecule has 0 bridgehead atoms. The first kappa shape index (κ1) is 30.5. The second-order valence-corrected chi connectivity index (χ2v) is 10.5. The SMILES string of the molecule is COc1cccc(C[NH2+][C@H]2CC(=O)N(c3ccc(N4C(=O)C[C@@H]([NH2+]Cc5cccc(OC)c5OC)C4=O)cc3)C2=O)c1OC. The molecule has 2 heterocycles. The van der Waals surface area contributed by atoms with Gasteiger partial charge in [-0.1, -0.05) is 12.1 Å². The number of quaternary nitrogens is 2. The number of nitrogens with two attached hydrogens (primary N) is 2. The number of hydrogen-bond acceptors (Lipinski definition) is 8. The number of carbonyl (C=O) groups excluding carboxylic acids is 4. The van der Waals surface area contributed by atoms with Gasteiger partial charge in [-0.05, 0) is 48.5 Å². The second-order valence-electron chi connectivity index (χ2n) is 10.5. The minimum Gasteiger partial charge on any atom is -0.493 e. The van der Waals surface area contributed by atoms with Crippen LogP contribution < -0.4 is 39.4 Å². The summed E-state index contributed by atoms with van der Waals surface area (Å²) in [5, 5.41) is 3.62. The lowest BCUT2D eigenvalue weighted by atomic mass is 10.1. The van der Waals surface area contributed by atoms with E-state index < -0.39 is 12.1 Å². The molecular formula is C32H36N4O8+2. The highest BCUT2D eigenvalue weighted by Gasteiger charge is 2.44. The molecule has 3 aromatic rings. The lowest BCUT2D eigenvalue weighted by molar-refractivity contribution is -0.690. The van der Waals surface area contributed by atoms with Gasteiger partial charge in [0.2, 0.25) is 11.8 Å². The topological polar surface area (TPSA) is 145 Å². The van der Waals surface area contributed by atoms with Crippen molar-refractivity contribution >= 4 is 35.0 Å². The van der Waals surface area contributed by atoms with Crippen LogP contribution in [0, 0.1) is 0 Å². The Bertz CT molecular complexity index is 1460. The summed E-state index contributed by atoms with van der Waals surface area (Å²) in [5.74, 6) is 1.04. The second kappa shape index (κ2) is 13.1. The average Bonchev–Trinajstić information content (AvgIpc) is 3.49. The molecule has 12 nitrogen and oxygen atoms in total. The number of imide groups is 2. The van der Waals surface area contributed by atoms with Crippen molar-refractivity contribution in [2.75, 3.05) is 38.2 Å². The molecule has 5 rings (SSSR count). The molecule has 4 N–H and O–H groups in total. The molecule has 2 saturated heterocycles. The largest absolute Gasteiger partial charge is 0.493 e. The first-order chi connectivity index (χ1) is 21.3. The Balaban J connectivity index is 1.23. The lowest BCUT2D eigenvalue weighted by Gasteiger charge is -2.18. The minimum absolute atomic E-state index is 0.0472. The van der Waals surface area contributed by atoms with E-state index in [0.717, 1.165) is 20.9 Å². The van der Waals surface area contributed by atoms with E-state index in [1.807, 2.05) is 34.9 Å². The smallest absolute Gasteiger partial charge is 0.292 e. The molecule has 2 fully saturated rings. The maximum Gasteiger partial charge on any atom is 0.292 e. The van der Waals surface area contributed by atoms with Gasteiger partial charge in [0.15, 0.2) is 35.1 Å². The number of ether oxygens (including phenoxy) is 4. The van der Waals surface area contributed by atoms with Crippen LogP contribution in [-0.4, -0.2) is 64.2 Å². The standard InChI is InChI=1S/C32H34N4O8/c1-41-25-9-5-7-19(29(25)43-3)17-33-23-15-27(37)35(31(23)39)21-11-13-22(14-12-21)36-28(38)16-24(32(36)40)34-18-20-8-6-10-26(42-2)30(20)44-4/h5-14,23-24,33-34H,15-18H2,1-4H3/p+2/t23-,24+. The van der Waals surface area contributed by atoms with Gasteiger partial charge >= 0.3 is 0 Å². The van der Waals surface area contributed by atoms with Gasteiger partial charge in [0.25, 0.3) is 11.8 Å². The Hall–Kier alpha value is -4.94. The molecule has 0 spiro atoms. The third-order valence-electron chi connectivity index (χ3n) is 7.94. The van der Waals surface area contributed by atoms with E-state index in [0.29, 0.717) is 47.5 Å². The number of carbonyl (C=O) groups is 4. The number of amides is 4. The Morgan fingerprint density at radius 3 is 1.32 bits per heavy atom. The molecule has 0 radical (unpaired) electrons. The van der Waals surface area contributed by atoms with Gasteiger partial charge in [-0.15, -0.1) is 0 Å². The lowest BCUT2D eigenvalue weighted by Crippen LogP contribution is -2.90. The first-order valence-corrected chi connectivity index (χ1v) is 14.2. The molecule has 2 atom stereocenters. The third kappa shape index (κ3) is 5.81. The normalized spacial score (nSPS) is 18.3. The van der Waals surface area contributed by atoms with Crippen LogP contribution in [0.3, 0.4) is 0 Å². The molecule has 12 heteroatoms. The van der Waals surface area contributed by atoms with Crippen LogP contribution in [0.5, 0.6) is 23.0 Å². The molecule has 4 amide bonds. The Morgan fingerprint density at radius 2 is 0.977 bits per heavy atom. The van der Waals surface area contributed by atoms with Crippen LogP contribution in [0.4, 0.5) is 11.4 Å². The minimum atomic E-state index is -0.598. The zero-order chi connectivity index (χ0) is 31.4. The van der Waals surface area contributed by atoms with Crippen LogP contribution >= 0.6 is 0 Å². The molecule has 0 saturated carbocycles. The van der Waals surface area contributed by atoms with Crippen molar-refractivity contribution < 1.29 is 48.8 Å². The predicted molar refractivity (Wildman–Crippen MR) is 159 cm³/mol. The van der Waals surface area contributed by atoms with E-state index in [4.69, 9.17) is 18.9 Å². The van der Waals surface area contributed by atoms with Crippen molar-refractivity contribution in [1.82, 2.24) is 0 Å². The van der Waals surface area contributed by atoms with Crippen LogP contribution in [0.1, 0.15) is 24.0 Å². The highest BCUT2D eigenvalue weighted by molar-refractivity contribution is 6.23. The van der Waals surface area contributed by atoms with Crippen molar-refractivity contribution in [2.45, 2.75) is 38.0 Å². The molecule has 0 unspecified atom stereocenters. The molecule has 2 aliphatic rings. The number of anilines is 2. The fourth-order valence-electron chi connectivity index (χ4n) is 5.74. The van der Waals surface area contributed by atoms with Crippen molar-refractivity contribution in [3.63, 3.8) is 0 Å². The monoisotopic (exact) mass is 604 g/mol. The first-order valence-electron chi connectivity index (χ1n) is 14.2. The van der Waals surface area contributed by atoms with Crippen LogP contribution in [0.15, 0.2) is 60.7 Å². The fourth-order valence-corrected chi connectivity index (χ4v) is 5.74. The van der Waals surface area contributed by atoms with Gasteiger partial charge in [0, 0.05) is 0 Å². The number of benzene rings is 3. The van der Waals surface area contributed by atoms with E-state index in [9.17, 15) is 19.2 Å². The molecular weight excluding hydrogens is 568 g/mol. The number of nitrogens with zero attached hydrogens (tertiary/aromatic N) is 2. The maximum absolute atomic E-state index is 13.3. The van der Waals surface area contributed by atoms with Gasteiger partial charge in [-0.3, -0.25) is 19.2 Å². The summed E-state index contributed by atoms with van der Waals surface area (Å²) < 4.78 is 21.7. The van der Waals surface area contributed by atoms with E-state index in [-0.39, 0.29) is 36.5 Å². The van der Waals surface area contributed by atoms with Crippen molar-refractivity contribution in [3.8, 4) is 23.0 Å². The third-order valence-corrected chi connectivity index (χ3v) is 7.94. The van der Waals surface area contributed by atoms with Gasteiger partial charge < -0.3 is 29.6 Å². The van der Waals surface area contributed by atoms with E-state index in [1.54, 1.807) is 64.8 Å². The molecule has 230 valence electrons. The van der Waals surface area contributed by atoms with E-state index >= 15 is 0 Å². The number of para-hydroxylation sites is 2. The molecule has 0 aromatic heterocycles. The van der Waals surface area contributed by atoms with Crippen molar-refractivity contribution in [3.05, 3.63) is 71.8 Å². The fraction of sp³-hybridized carbons (Fsp3) is 0.312.